The lowest BCUT2D eigenvalue weighted by atomic mass is 10.1. The Labute approximate surface area is 162 Å². The van der Waals surface area contributed by atoms with E-state index in [2.05, 4.69) is 4.98 Å². The molecule has 1 aromatic carbocycles. The molecule has 0 spiro atoms. The fraction of sp³-hybridized carbons (Fsp3) is 0.300. The summed E-state index contributed by atoms with van der Waals surface area (Å²) in [5.74, 6) is 0.752. The van der Waals surface area contributed by atoms with Crippen LogP contribution in [0, 0.1) is 13.8 Å². The average molecular weight is 400 g/mol. The molecule has 28 heavy (non-hydrogen) atoms. The molecule has 2 aromatic heterocycles. The molecule has 1 aliphatic heterocycles. The average Bonchev–Trinajstić information content (AvgIpc) is 3.20. The molecular formula is C20H20N2O5S. The molecule has 0 unspecified atom stereocenters. The third-order valence-corrected chi connectivity index (χ3v) is 6.83. The Balaban J connectivity index is 1.63. The lowest BCUT2D eigenvalue weighted by Gasteiger charge is -2.15. The van der Waals surface area contributed by atoms with E-state index in [0.717, 1.165) is 23.8 Å². The highest BCUT2D eigenvalue weighted by molar-refractivity contribution is 7.89. The van der Waals surface area contributed by atoms with Crippen molar-refractivity contribution in [2.75, 3.05) is 13.1 Å². The first-order valence-corrected chi connectivity index (χ1v) is 10.5. The largest absolute Gasteiger partial charge is 0.439 e. The second kappa shape index (κ2) is 7.03. The molecule has 1 fully saturated rings. The maximum absolute atomic E-state index is 12.6. The number of pyridine rings is 1. The number of aromatic nitrogens is 1. The standard InChI is InChI=1S/C20H20N2O5S/c1-13-11-19(23)27-20-14(2)17(7-6-16(13)20)26-18-8-5-15(12-21-18)28(24,25)22-9-3-4-10-22/h5-8,11-12H,3-4,9-10H2,1-2H3. The molecular weight excluding hydrogens is 380 g/mol. The summed E-state index contributed by atoms with van der Waals surface area (Å²) in [7, 11) is -3.51. The van der Waals surface area contributed by atoms with Gasteiger partial charge in [-0.1, -0.05) is 0 Å². The Bertz CT molecular complexity index is 1190. The quantitative estimate of drug-likeness (QED) is 0.624. The Kier molecular flexibility index (Phi) is 4.68. The van der Waals surface area contributed by atoms with Crippen LogP contribution >= 0.6 is 0 Å². The number of sulfonamides is 1. The fourth-order valence-corrected chi connectivity index (χ4v) is 4.84. The summed E-state index contributed by atoms with van der Waals surface area (Å²) < 4.78 is 37.8. The molecule has 0 radical (unpaired) electrons. The molecule has 0 atom stereocenters. The zero-order chi connectivity index (χ0) is 19.9. The van der Waals surface area contributed by atoms with Crippen molar-refractivity contribution in [2.24, 2.45) is 0 Å². The first-order valence-electron chi connectivity index (χ1n) is 9.04. The molecule has 4 rings (SSSR count). The van der Waals surface area contributed by atoms with Gasteiger partial charge in [-0.2, -0.15) is 4.31 Å². The summed E-state index contributed by atoms with van der Waals surface area (Å²) in [5.41, 5.74) is 1.56. The number of fused-ring (bicyclic) bond motifs is 1. The SMILES string of the molecule is Cc1cc(=O)oc2c(C)c(Oc3ccc(S(=O)(=O)N4CCCC4)cn3)ccc12. The number of nitrogens with zero attached hydrogens (tertiary/aromatic N) is 2. The van der Waals surface area contributed by atoms with Crippen LogP contribution in [0.25, 0.3) is 11.0 Å². The minimum Gasteiger partial charge on any atom is -0.439 e. The molecule has 0 saturated carbocycles. The molecule has 0 aliphatic carbocycles. The Morgan fingerprint density at radius 2 is 1.86 bits per heavy atom. The minimum absolute atomic E-state index is 0.151. The number of hydrogen-bond acceptors (Lipinski definition) is 6. The first kappa shape index (κ1) is 18.6. The highest BCUT2D eigenvalue weighted by Gasteiger charge is 2.27. The van der Waals surface area contributed by atoms with Crippen LogP contribution < -0.4 is 10.4 Å². The second-order valence-corrected chi connectivity index (χ2v) is 8.80. The van der Waals surface area contributed by atoms with Gasteiger partial charge in [-0.15, -0.1) is 0 Å². The van der Waals surface area contributed by atoms with Crippen LogP contribution in [0.1, 0.15) is 24.0 Å². The van der Waals surface area contributed by atoms with E-state index in [-0.39, 0.29) is 10.8 Å². The zero-order valence-corrected chi connectivity index (χ0v) is 16.5. The van der Waals surface area contributed by atoms with Gasteiger partial charge < -0.3 is 9.15 Å². The van der Waals surface area contributed by atoms with E-state index in [1.807, 2.05) is 13.0 Å². The Morgan fingerprint density at radius 1 is 1.11 bits per heavy atom. The Morgan fingerprint density at radius 3 is 2.54 bits per heavy atom. The summed E-state index contributed by atoms with van der Waals surface area (Å²) in [6.45, 7) is 4.73. The number of rotatable bonds is 4. The van der Waals surface area contributed by atoms with E-state index >= 15 is 0 Å². The van der Waals surface area contributed by atoms with Gasteiger partial charge >= 0.3 is 5.63 Å². The number of hydrogen-bond donors (Lipinski definition) is 0. The van der Waals surface area contributed by atoms with E-state index in [1.165, 1.54) is 28.7 Å². The van der Waals surface area contributed by atoms with Gasteiger partial charge in [-0.05, 0) is 50.5 Å². The third-order valence-electron chi connectivity index (χ3n) is 4.94. The van der Waals surface area contributed by atoms with Gasteiger partial charge in [0.2, 0.25) is 15.9 Å². The van der Waals surface area contributed by atoms with Crippen molar-refractivity contribution in [1.82, 2.24) is 9.29 Å². The number of aryl methyl sites for hydroxylation is 2. The van der Waals surface area contributed by atoms with Crippen LogP contribution in [0.15, 0.2) is 50.6 Å². The summed E-state index contributed by atoms with van der Waals surface area (Å²) in [6, 6.07) is 8.07. The molecule has 7 nitrogen and oxygen atoms in total. The van der Waals surface area contributed by atoms with Crippen molar-refractivity contribution in [3.8, 4) is 11.6 Å². The van der Waals surface area contributed by atoms with E-state index in [0.29, 0.717) is 30.0 Å². The van der Waals surface area contributed by atoms with Gasteiger partial charge in [-0.3, -0.25) is 0 Å². The predicted octanol–water partition coefficient (Wildman–Crippen LogP) is 3.38. The molecule has 3 heterocycles. The predicted molar refractivity (Wildman–Crippen MR) is 104 cm³/mol. The van der Waals surface area contributed by atoms with Gasteiger partial charge in [0.1, 0.15) is 16.2 Å². The molecule has 146 valence electrons. The van der Waals surface area contributed by atoms with Crippen LogP contribution in [-0.2, 0) is 10.0 Å². The van der Waals surface area contributed by atoms with E-state index in [4.69, 9.17) is 9.15 Å². The van der Waals surface area contributed by atoms with E-state index < -0.39 is 15.6 Å². The minimum atomic E-state index is -3.51. The molecule has 0 bridgehead atoms. The van der Waals surface area contributed by atoms with Crippen LogP contribution in [0.5, 0.6) is 11.6 Å². The smallest absolute Gasteiger partial charge is 0.336 e. The van der Waals surface area contributed by atoms with Gasteiger partial charge in [0, 0.05) is 36.2 Å². The normalized spacial score (nSPS) is 15.2. The topological polar surface area (TPSA) is 89.7 Å². The summed E-state index contributed by atoms with van der Waals surface area (Å²) >= 11 is 0. The first-order chi connectivity index (χ1) is 13.4. The molecule has 0 N–H and O–H groups in total. The monoisotopic (exact) mass is 400 g/mol. The maximum Gasteiger partial charge on any atom is 0.336 e. The van der Waals surface area contributed by atoms with Crippen LogP contribution in [0.4, 0.5) is 0 Å². The highest BCUT2D eigenvalue weighted by atomic mass is 32.2. The summed E-state index contributed by atoms with van der Waals surface area (Å²) in [5, 5.41) is 0.837. The van der Waals surface area contributed by atoms with Gasteiger partial charge in [0.25, 0.3) is 0 Å². The van der Waals surface area contributed by atoms with Crippen molar-refractivity contribution in [1.29, 1.82) is 0 Å². The van der Waals surface area contributed by atoms with Crippen LogP contribution in [-0.4, -0.2) is 30.8 Å². The van der Waals surface area contributed by atoms with Gasteiger partial charge in [-0.25, -0.2) is 18.2 Å². The van der Waals surface area contributed by atoms with Crippen molar-refractivity contribution in [3.05, 3.63) is 58.1 Å². The van der Waals surface area contributed by atoms with E-state index in [1.54, 1.807) is 13.0 Å². The maximum atomic E-state index is 12.6. The molecule has 1 aliphatic rings. The van der Waals surface area contributed by atoms with Crippen molar-refractivity contribution in [2.45, 2.75) is 31.6 Å². The van der Waals surface area contributed by atoms with Crippen LogP contribution in [0.2, 0.25) is 0 Å². The van der Waals surface area contributed by atoms with E-state index in [9.17, 15) is 13.2 Å². The van der Waals surface area contributed by atoms with Gasteiger partial charge in [0.05, 0.1) is 6.20 Å². The van der Waals surface area contributed by atoms with Crippen molar-refractivity contribution >= 4 is 21.0 Å². The van der Waals surface area contributed by atoms with Gasteiger partial charge in [0.15, 0.2) is 0 Å². The molecule has 8 heteroatoms. The second-order valence-electron chi connectivity index (χ2n) is 6.86. The number of ether oxygens (including phenoxy) is 1. The third kappa shape index (κ3) is 3.29. The van der Waals surface area contributed by atoms with Crippen molar-refractivity contribution < 1.29 is 17.6 Å². The fourth-order valence-electron chi connectivity index (χ4n) is 3.38. The molecule has 3 aromatic rings. The van der Waals surface area contributed by atoms with Crippen LogP contribution in [0.3, 0.4) is 0 Å². The Hall–Kier alpha value is -2.71. The molecule has 0 amide bonds. The molecule has 1 saturated heterocycles. The lowest BCUT2D eigenvalue weighted by molar-refractivity contribution is 0.455. The zero-order valence-electron chi connectivity index (χ0n) is 15.6. The summed E-state index contributed by atoms with van der Waals surface area (Å²) in [6.07, 6.45) is 3.07. The van der Waals surface area contributed by atoms with Crippen molar-refractivity contribution in [3.63, 3.8) is 0 Å². The lowest BCUT2D eigenvalue weighted by Crippen LogP contribution is -2.27. The number of benzene rings is 1. The summed E-state index contributed by atoms with van der Waals surface area (Å²) in [4.78, 5) is 16.0. The highest BCUT2D eigenvalue weighted by Crippen LogP contribution is 2.31.